The van der Waals surface area contributed by atoms with Gasteiger partial charge >= 0.3 is 0 Å². The number of hydrogen-bond acceptors (Lipinski definition) is 3. The Balaban J connectivity index is 2.26. The highest BCUT2D eigenvalue weighted by atomic mass is 16.2. The van der Waals surface area contributed by atoms with E-state index in [0.29, 0.717) is 11.3 Å². The maximum Gasteiger partial charge on any atom is 0.261 e. The smallest absolute Gasteiger partial charge is 0.261 e. The van der Waals surface area contributed by atoms with Crippen molar-refractivity contribution in [2.45, 2.75) is 13.3 Å². The zero-order valence-corrected chi connectivity index (χ0v) is 11.1. The van der Waals surface area contributed by atoms with Crippen LogP contribution in [0.15, 0.2) is 42.7 Å². The zero-order chi connectivity index (χ0) is 13.8. The van der Waals surface area contributed by atoms with Crippen LogP contribution < -0.4 is 10.6 Å². The van der Waals surface area contributed by atoms with Crippen molar-refractivity contribution in [1.29, 1.82) is 0 Å². The Morgan fingerprint density at radius 2 is 1.95 bits per heavy atom. The fourth-order valence-corrected chi connectivity index (χ4v) is 1.84. The molecule has 0 saturated heterocycles. The standard InChI is InChI=1S/C15H17N3O/c1-3-11-4-6-12(7-5-11)18(2)15(19)13-10-17-9-8-14(13)16/h4-10H,3H2,1-2H3,(H2,16,17). The number of nitrogens with zero attached hydrogens (tertiary/aromatic N) is 2. The van der Waals surface area contributed by atoms with Crippen LogP contribution in [0.1, 0.15) is 22.8 Å². The number of rotatable bonds is 3. The van der Waals surface area contributed by atoms with Crippen molar-refractivity contribution in [2.75, 3.05) is 17.7 Å². The minimum Gasteiger partial charge on any atom is -0.398 e. The highest BCUT2D eigenvalue weighted by Crippen LogP contribution is 2.19. The Bertz CT molecular complexity index is 578. The van der Waals surface area contributed by atoms with E-state index in [0.717, 1.165) is 12.1 Å². The van der Waals surface area contributed by atoms with Gasteiger partial charge in [0.25, 0.3) is 5.91 Å². The van der Waals surface area contributed by atoms with Gasteiger partial charge in [0.2, 0.25) is 0 Å². The van der Waals surface area contributed by atoms with E-state index in [4.69, 9.17) is 5.73 Å². The molecule has 1 amide bonds. The number of aromatic nitrogens is 1. The van der Waals surface area contributed by atoms with E-state index in [-0.39, 0.29) is 5.91 Å². The summed E-state index contributed by atoms with van der Waals surface area (Å²) in [4.78, 5) is 17.8. The van der Waals surface area contributed by atoms with E-state index in [1.165, 1.54) is 11.8 Å². The molecule has 1 aromatic heterocycles. The largest absolute Gasteiger partial charge is 0.398 e. The quantitative estimate of drug-likeness (QED) is 0.916. The summed E-state index contributed by atoms with van der Waals surface area (Å²) < 4.78 is 0. The lowest BCUT2D eigenvalue weighted by atomic mass is 10.1. The van der Waals surface area contributed by atoms with Crippen LogP contribution in [0.5, 0.6) is 0 Å². The molecule has 0 fully saturated rings. The first kappa shape index (κ1) is 13.1. The number of pyridine rings is 1. The molecule has 1 aromatic carbocycles. The highest BCUT2D eigenvalue weighted by Gasteiger charge is 2.16. The van der Waals surface area contributed by atoms with Crippen LogP contribution in [-0.4, -0.2) is 17.9 Å². The Morgan fingerprint density at radius 3 is 2.53 bits per heavy atom. The van der Waals surface area contributed by atoms with E-state index in [1.807, 2.05) is 24.3 Å². The predicted molar refractivity (Wildman–Crippen MR) is 77.2 cm³/mol. The number of carbonyl (C=O) groups excluding carboxylic acids is 1. The van der Waals surface area contributed by atoms with Gasteiger partial charge in [0.05, 0.1) is 5.56 Å². The summed E-state index contributed by atoms with van der Waals surface area (Å²) in [6.45, 7) is 2.10. The van der Waals surface area contributed by atoms with Crippen molar-refractivity contribution in [3.8, 4) is 0 Å². The van der Waals surface area contributed by atoms with E-state index in [9.17, 15) is 4.79 Å². The normalized spacial score (nSPS) is 10.2. The Morgan fingerprint density at radius 1 is 1.26 bits per heavy atom. The molecule has 0 atom stereocenters. The van der Waals surface area contributed by atoms with E-state index in [2.05, 4.69) is 11.9 Å². The van der Waals surface area contributed by atoms with E-state index >= 15 is 0 Å². The van der Waals surface area contributed by atoms with Gasteiger partial charge in [-0.3, -0.25) is 9.78 Å². The monoisotopic (exact) mass is 255 g/mol. The van der Waals surface area contributed by atoms with Crippen molar-refractivity contribution >= 4 is 17.3 Å². The molecule has 0 aliphatic heterocycles. The summed E-state index contributed by atoms with van der Waals surface area (Å²) in [5.74, 6) is -0.158. The summed E-state index contributed by atoms with van der Waals surface area (Å²) in [7, 11) is 1.73. The van der Waals surface area contributed by atoms with Crippen molar-refractivity contribution < 1.29 is 4.79 Å². The molecule has 4 nitrogen and oxygen atoms in total. The second kappa shape index (κ2) is 5.52. The average Bonchev–Trinajstić information content (AvgIpc) is 2.46. The van der Waals surface area contributed by atoms with Crippen molar-refractivity contribution in [1.82, 2.24) is 4.98 Å². The van der Waals surface area contributed by atoms with Gasteiger partial charge in [0.1, 0.15) is 0 Å². The number of benzene rings is 1. The molecule has 0 saturated carbocycles. The van der Waals surface area contributed by atoms with Crippen LogP contribution in [0.25, 0.3) is 0 Å². The van der Waals surface area contributed by atoms with E-state index < -0.39 is 0 Å². The molecule has 19 heavy (non-hydrogen) atoms. The van der Waals surface area contributed by atoms with Gasteiger partial charge in [-0.1, -0.05) is 19.1 Å². The number of carbonyl (C=O) groups is 1. The number of nitrogen functional groups attached to an aromatic ring is 1. The maximum atomic E-state index is 12.3. The third-order valence-electron chi connectivity index (χ3n) is 3.12. The maximum absolute atomic E-state index is 12.3. The van der Waals surface area contributed by atoms with Crippen LogP contribution in [0.2, 0.25) is 0 Å². The molecule has 0 radical (unpaired) electrons. The summed E-state index contributed by atoms with van der Waals surface area (Å²) >= 11 is 0. The van der Waals surface area contributed by atoms with E-state index in [1.54, 1.807) is 24.2 Å². The molecule has 4 heteroatoms. The molecule has 98 valence electrons. The lowest BCUT2D eigenvalue weighted by molar-refractivity contribution is 0.0993. The number of amides is 1. The molecule has 0 bridgehead atoms. The van der Waals surface area contributed by atoms with Gasteiger partial charge in [0.15, 0.2) is 0 Å². The molecular formula is C15H17N3O. The molecule has 0 aliphatic carbocycles. The fourth-order valence-electron chi connectivity index (χ4n) is 1.84. The molecule has 2 rings (SSSR count). The number of aryl methyl sites for hydroxylation is 1. The van der Waals surface area contributed by atoms with Gasteiger partial charge in [-0.05, 0) is 30.2 Å². The van der Waals surface area contributed by atoms with Crippen molar-refractivity contribution in [3.05, 3.63) is 53.9 Å². The predicted octanol–water partition coefficient (Wildman–Crippen LogP) is 2.50. The second-order valence-corrected chi connectivity index (χ2v) is 4.35. The molecule has 1 heterocycles. The number of nitrogens with two attached hydrogens (primary N) is 1. The van der Waals surface area contributed by atoms with Gasteiger partial charge in [-0.2, -0.15) is 0 Å². The molecular weight excluding hydrogens is 238 g/mol. The van der Waals surface area contributed by atoms with Crippen molar-refractivity contribution in [2.24, 2.45) is 0 Å². The summed E-state index contributed by atoms with van der Waals surface area (Å²) in [6, 6.07) is 9.53. The Hall–Kier alpha value is -2.36. The first-order valence-electron chi connectivity index (χ1n) is 6.20. The van der Waals surface area contributed by atoms with Crippen LogP contribution in [0, 0.1) is 0 Å². The number of anilines is 2. The summed E-state index contributed by atoms with van der Waals surface area (Å²) in [5.41, 5.74) is 8.74. The Labute approximate surface area is 112 Å². The molecule has 2 aromatic rings. The first-order valence-corrected chi connectivity index (χ1v) is 6.20. The fraction of sp³-hybridized carbons (Fsp3) is 0.200. The van der Waals surface area contributed by atoms with Gasteiger partial charge in [-0.15, -0.1) is 0 Å². The van der Waals surface area contributed by atoms with Crippen molar-refractivity contribution in [3.63, 3.8) is 0 Å². The van der Waals surface area contributed by atoms with Gasteiger partial charge in [0, 0.05) is 30.8 Å². The van der Waals surface area contributed by atoms with Gasteiger partial charge < -0.3 is 10.6 Å². The van der Waals surface area contributed by atoms with Crippen LogP contribution in [0.3, 0.4) is 0 Å². The second-order valence-electron chi connectivity index (χ2n) is 4.35. The summed E-state index contributed by atoms with van der Waals surface area (Å²) in [6.07, 6.45) is 4.05. The average molecular weight is 255 g/mol. The zero-order valence-electron chi connectivity index (χ0n) is 11.1. The van der Waals surface area contributed by atoms with Crippen LogP contribution >= 0.6 is 0 Å². The molecule has 0 aliphatic rings. The lowest BCUT2D eigenvalue weighted by Crippen LogP contribution is -2.27. The van der Waals surface area contributed by atoms with Crippen LogP contribution in [0.4, 0.5) is 11.4 Å². The highest BCUT2D eigenvalue weighted by molar-refractivity contribution is 6.08. The Kier molecular flexibility index (Phi) is 3.80. The molecule has 2 N–H and O–H groups in total. The van der Waals surface area contributed by atoms with Crippen LogP contribution in [-0.2, 0) is 6.42 Å². The summed E-state index contributed by atoms with van der Waals surface area (Å²) in [5, 5.41) is 0. The minimum atomic E-state index is -0.158. The first-order chi connectivity index (χ1) is 9.13. The molecule has 0 unspecified atom stereocenters. The topological polar surface area (TPSA) is 59.2 Å². The van der Waals surface area contributed by atoms with Gasteiger partial charge in [-0.25, -0.2) is 0 Å². The lowest BCUT2D eigenvalue weighted by Gasteiger charge is -2.18. The third-order valence-corrected chi connectivity index (χ3v) is 3.12. The number of hydrogen-bond donors (Lipinski definition) is 1. The minimum absolute atomic E-state index is 0.158. The molecule has 0 spiro atoms. The third kappa shape index (κ3) is 2.73. The SMILES string of the molecule is CCc1ccc(N(C)C(=O)c2cnccc2N)cc1.